The second kappa shape index (κ2) is 10.9. The summed E-state index contributed by atoms with van der Waals surface area (Å²) in [6, 6.07) is 3.50. The minimum atomic E-state index is -0.186. The quantitative estimate of drug-likeness (QED) is 0.409. The van der Waals surface area contributed by atoms with Gasteiger partial charge in [-0.2, -0.15) is 0 Å². The van der Waals surface area contributed by atoms with Gasteiger partial charge in [-0.3, -0.25) is 14.4 Å². The lowest BCUT2D eigenvalue weighted by Crippen LogP contribution is -2.40. The third kappa shape index (κ3) is 7.16. The maximum Gasteiger partial charge on any atom is 0.309 e. The van der Waals surface area contributed by atoms with E-state index in [0.29, 0.717) is 44.8 Å². The Balaban J connectivity index is 1.64. The summed E-state index contributed by atoms with van der Waals surface area (Å²) in [6.07, 6.45) is 2.58. The maximum absolute atomic E-state index is 12.3. The van der Waals surface area contributed by atoms with Crippen molar-refractivity contribution in [2.75, 3.05) is 30.8 Å². The second-order valence-electron chi connectivity index (χ2n) is 6.30. The normalized spacial score (nSPS) is 14.7. The smallest absolute Gasteiger partial charge is 0.309 e. The van der Waals surface area contributed by atoms with Crippen LogP contribution in [-0.2, 0) is 19.1 Å². The first kappa shape index (κ1) is 21.1. The molecule has 0 aliphatic carbocycles. The Morgan fingerprint density at radius 3 is 2.59 bits per heavy atom. The first-order valence-corrected chi connectivity index (χ1v) is 10.2. The van der Waals surface area contributed by atoms with Crippen LogP contribution >= 0.6 is 11.8 Å². The number of piperidine rings is 1. The molecule has 1 N–H and O–H groups in total. The van der Waals surface area contributed by atoms with Crippen molar-refractivity contribution in [2.24, 2.45) is 5.92 Å². The highest BCUT2D eigenvalue weighted by molar-refractivity contribution is 7.99. The lowest BCUT2D eigenvalue weighted by Gasteiger charge is -2.31. The number of esters is 1. The van der Waals surface area contributed by atoms with Crippen LogP contribution in [0.4, 0.5) is 5.82 Å². The number of anilines is 1. The Bertz CT molecular complexity index is 645. The molecule has 0 bridgehead atoms. The van der Waals surface area contributed by atoms with E-state index in [1.54, 1.807) is 19.1 Å². The molecule has 0 unspecified atom stereocenters. The van der Waals surface area contributed by atoms with Crippen LogP contribution < -0.4 is 5.32 Å². The zero-order valence-electron chi connectivity index (χ0n) is 15.8. The van der Waals surface area contributed by atoms with Gasteiger partial charge < -0.3 is 15.0 Å². The molecule has 1 fully saturated rings. The van der Waals surface area contributed by atoms with Crippen LogP contribution in [-0.4, -0.2) is 58.3 Å². The number of aromatic nitrogens is 2. The molecule has 0 atom stereocenters. The van der Waals surface area contributed by atoms with Gasteiger partial charge in [0.2, 0.25) is 11.8 Å². The van der Waals surface area contributed by atoms with E-state index in [-0.39, 0.29) is 23.7 Å². The summed E-state index contributed by atoms with van der Waals surface area (Å²) in [6.45, 7) is 4.85. The average Bonchev–Trinajstić information content (AvgIpc) is 2.66. The number of carbonyl (C=O) groups is 3. The van der Waals surface area contributed by atoms with Crippen molar-refractivity contribution in [1.82, 2.24) is 15.1 Å². The molecular formula is C18H26N4O4S. The van der Waals surface area contributed by atoms with E-state index in [0.717, 1.165) is 17.2 Å². The number of hydrogen-bond acceptors (Lipinski definition) is 7. The fraction of sp³-hybridized carbons (Fsp3) is 0.611. The van der Waals surface area contributed by atoms with E-state index in [1.807, 2.05) is 4.90 Å². The lowest BCUT2D eigenvalue weighted by atomic mass is 9.97. The number of nitrogens with one attached hydrogen (secondary N) is 1. The molecule has 1 aromatic heterocycles. The minimum absolute atomic E-state index is 0.0800. The first-order chi connectivity index (χ1) is 13.0. The number of nitrogens with zero attached hydrogens (tertiary/aromatic N) is 3. The lowest BCUT2D eigenvalue weighted by molar-refractivity contribution is -0.151. The van der Waals surface area contributed by atoms with Crippen molar-refractivity contribution in [1.29, 1.82) is 0 Å². The van der Waals surface area contributed by atoms with E-state index in [2.05, 4.69) is 15.5 Å². The summed E-state index contributed by atoms with van der Waals surface area (Å²) >= 11 is 1.53. The summed E-state index contributed by atoms with van der Waals surface area (Å²) in [5.74, 6) is 0.905. The molecule has 8 nitrogen and oxygen atoms in total. The zero-order chi connectivity index (χ0) is 19.6. The van der Waals surface area contributed by atoms with Crippen molar-refractivity contribution >= 4 is 35.4 Å². The van der Waals surface area contributed by atoms with Gasteiger partial charge in [-0.15, -0.1) is 22.0 Å². The molecular weight excluding hydrogens is 368 g/mol. The van der Waals surface area contributed by atoms with Gasteiger partial charge in [0.05, 0.1) is 12.5 Å². The molecule has 0 radical (unpaired) electrons. The number of rotatable bonds is 8. The molecule has 1 aliphatic rings. The van der Waals surface area contributed by atoms with Crippen molar-refractivity contribution in [3.8, 4) is 0 Å². The number of thioether (sulfide) groups is 1. The second-order valence-corrected chi connectivity index (χ2v) is 7.41. The summed E-state index contributed by atoms with van der Waals surface area (Å²) in [7, 11) is 0. The van der Waals surface area contributed by atoms with Gasteiger partial charge >= 0.3 is 5.97 Å². The molecule has 9 heteroatoms. The number of likely N-dealkylation sites (tertiary alicyclic amines) is 1. The SMILES string of the molecule is CCOC(=O)C1CCN(C(=O)CCCSc2ccc(NC(C)=O)nn2)CC1. The molecule has 2 amide bonds. The molecule has 1 saturated heterocycles. The largest absolute Gasteiger partial charge is 0.466 e. The van der Waals surface area contributed by atoms with Gasteiger partial charge in [-0.1, -0.05) is 0 Å². The van der Waals surface area contributed by atoms with Gasteiger partial charge in [0, 0.05) is 32.2 Å². The molecule has 148 valence electrons. The highest BCUT2D eigenvalue weighted by atomic mass is 32.2. The Morgan fingerprint density at radius 1 is 1.26 bits per heavy atom. The molecule has 27 heavy (non-hydrogen) atoms. The van der Waals surface area contributed by atoms with Crippen LogP contribution in [0, 0.1) is 5.92 Å². The zero-order valence-corrected chi connectivity index (χ0v) is 16.6. The van der Waals surface area contributed by atoms with Crippen molar-refractivity contribution < 1.29 is 19.1 Å². The monoisotopic (exact) mass is 394 g/mol. The first-order valence-electron chi connectivity index (χ1n) is 9.18. The average molecular weight is 394 g/mol. The Labute approximate surface area is 163 Å². The number of hydrogen-bond donors (Lipinski definition) is 1. The standard InChI is InChI=1S/C18H26N4O4S/c1-3-26-18(25)14-8-10-22(11-9-14)17(24)5-4-12-27-16-7-6-15(20-21-16)19-13(2)23/h6-7,14H,3-5,8-12H2,1-2H3,(H,19,20,23). The van der Waals surface area contributed by atoms with E-state index in [4.69, 9.17) is 4.74 Å². The molecule has 2 heterocycles. The molecule has 1 aromatic rings. The van der Waals surface area contributed by atoms with Crippen LogP contribution in [0.3, 0.4) is 0 Å². The molecule has 1 aliphatic heterocycles. The predicted molar refractivity (Wildman–Crippen MR) is 102 cm³/mol. The summed E-state index contributed by atoms with van der Waals surface area (Å²) in [5.41, 5.74) is 0. The van der Waals surface area contributed by atoms with E-state index < -0.39 is 0 Å². The van der Waals surface area contributed by atoms with Gasteiger partial charge in [-0.25, -0.2) is 0 Å². The summed E-state index contributed by atoms with van der Waals surface area (Å²) < 4.78 is 5.05. The van der Waals surface area contributed by atoms with Crippen molar-refractivity contribution in [3.05, 3.63) is 12.1 Å². The van der Waals surface area contributed by atoms with Crippen LogP contribution in [0.1, 0.15) is 39.5 Å². The summed E-state index contributed by atoms with van der Waals surface area (Å²) in [5, 5.41) is 11.3. The fourth-order valence-electron chi connectivity index (χ4n) is 2.83. The van der Waals surface area contributed by atoms with Gasteiger partial charge in [-0.05, 0) is 38.3 Å². The highest BCUT2D eigenvalue weighted by Gasteiger charge is 2.27. The van der Waals surface area contributed by atoms with Crippen LogP contribution in [0.2, 0.25) is 0 Å². The van der Waals surface area contributed by atoms with Crippen molar-refractivity contribution in [3.63, 3.8) is 0 Å². The highest BCUT2D eigenvalue weighted by Crippen LogP contribution is 2.21. The van der Waals surface area contributed by atoms with Gasteiger partial charge in [0.15, 0.2) is 5.82 Å². The van der Waals surface area contributed by atoms with E-state index >= 15 is 0 Å². The molecule has 0 spiro atoms. The molecule has 2 rings (SSSR count). The van der Waals surface area contributed by atoms with Crippen LogP contribution in [0.15, 0.2) is 17.2 Å². The number of carbonyl (C=O) groups excluding carboxylic acids is 3. The van der Waals surface area contributed by atoms with Gasteiger partial charge in [0.25, 0.3) is 0 Å². The Hall–Kier alpha value is -2.16. The number of amides is 2. The van der Waals surface area contributed by atoms with Crippen molar-refractivity contribution in [2.45, 2.75) is 44.6 Å². The molecule has 0 aromatic carbocycles. The molecule has 0 saturated carbocycles. The van der Waals surface area contributed by atoms with Gasteiger partial charge in [0.1, 0.15) is 5.03 Å². The van der Waals surface area contributed by atoms with E-state index in [9.17, 15) is 14.4 Å². The minimum Gasteiger partial charge on any atom is -0.466 e. The maximum atomic E-state index is 12.3. The topological polar surface area (TPSA) is 101 Å². The number of ether oxygens (including phenoxy) is 1. The van der Waals surface area contributed by atoms with E-state index in [1.165, 1.54) is 18.7 Å². The third-order valence-electron chi connectivity index (χ3n) is 4.20. The Kier molecular flexibility index (Phi) is 8.50. The summed E-state index contributed by atoms with van der Waals surface area (Å²) in [4.78, 5) is 36.8. The third-order valence-corrected chi connectivity index (χ3v) is 5.20. The van der Waals surface area contributed by atoms with Crippen LogP contribution in [0.5, 0.6) is 0 Å². The predicted octanol–water partition coefficient (Wildman–Crippen LogP) is 2.11. The fourth-order valence-corrected chi connectivity index (χ4v) is 3.59. The van der Waals surface area contributed by atoms with Crippen LogP contribution in [0.25, 0.3) is 0 Å². The Morgan fingerprint density at radius 2 is 2.00 bits per heavy atom.